The summed E-state index contributed by atoms with van der Waals surface area (Å²) in [5, 5.41) is 10.5. The van der Waals surface area contributed by atoms with E-state index in [9.17, 15) is 0 Å². The molecule has 5 heteroatoms. The highest BCUT2D eigenvalue weighted by Gasteiger charge is 2.13. The number of aryl methyl sites for hydroxylation is 2. The fraction of sp³-hybridized carbons (Fsp3) is 0.286. The van der Waals surface area contributed by atoms with Crippen LogP contribution in [0.5, 0.6) is 0 Å². The smallest absolute Gasteiger partial charge is 0.192 e. The predicted octanol–water partition coefficient (Wildman–Crippen LogP) is 2.55. The quantitative estimate of drug-likeness (QED) is 0.755. The summed E-state index contributed by atoms with van der Waals surface area (Å²) in [7, 11) is 1.91. The van der Waals surface area contributed by atoms with Crippen LogP contribution in [0.25, 0.3) is 22.2 Å². The van der Waals surface area contributed by atoms with Gasteiger partial charge in [-0.3, -0.25) is 5.10 Å². The highest BCUT2D eigenvalue weighted by atomic mass is 16.3. The first-order chi connectivity index (χ1) is 9.19. The molecule has 0 unspecified atom stereocenters. The first-order valence-corrected chi connectivity index (χ1v) is 6.25. The Kier molecular flexibility index (Phi) is 2.83. The normalized spacial score (nSPS) is 11.3. The molecule has 2 N–H and O–H groups in total. The third-order valence-corrected chi connectivity index (χ3v) is 3.15. The fourth-order valence-electron chi connectivity index (χ4n) is 2.36. The number of hydrogen-bond acceptors (Lipinski definition) is 4. The number of rotatable bonds is 3. The van der Waals surface area contributed by atoms with Gasteiger partial charge in [-0.25, -0.2) is 4.98 Å². The van der Waals surface area contributed by atoms with Gasteiger partial charge in [0.1, 0.15) is 5.52 Å². The van der Waals surface area contributed by atoms with Crippen molar-refractivity contribution >= 4 is 11.1 Å². The van der Waals surface area contributed by atoms with Crippen molar-refractivity contribution in [1.29, 1.82) is 0 Å². The molecular weight excluding hydrogens is 240 g/mol. The lowest BCUT2D eigenvalue weighted by molar-refractivity contribution is 0.561. The van der Waals surface area contributed by atoms with Crippen LogP contribution in [0.15, 0.2) is 22.6 Å². The van der Waals surface area contributed by atoms with E-state index in [1.807, 2.05) is 39.1 Å². The van der Waals surface area contributed by atoms with Gasteiger partial charge in [0.25, 0.3) is 0 Å². The van der Waals surface area contributed by atoms with Crippen molar-refractivity contribution in [2.75, 3.05) is 7.05 Å². The molecule has 1 aromatic carbocycles. The van der Waals surface area contributed by atoms with Crippen LogP contribution in [0.4, 0.5) is 0 Å². The number of nitrogens with one attached hydrogen (secondary N) is 2. The van der Waals surface area contributed by atoms with Crippen LogP contribution in [-0.4, -0.2) is 22.2 Å². The molecule has 0 amide bonds. The summed E-state index contributed by atoms with van der Waals surface area (Å²) in [6.07, 6.45) is 0. The van der Waals surface area contributed by atoms with Gasteiger partial charge < -0.3 is 9.73 Å². The van der Waals surface area contributed by atoms with Gasteiger partial charge in [-0.05, 0) is 31.7 Å². The van der Waals surface area contributed by atoms with Gasteiger partial charge in [-0.15, -0.1) is 0 Å². The van der Waals surface area contributed by atoms with E-state index >= 15 is 0 Å². The van der Waals surface area contributed by atoms with Crippen molar-refractivity contribution in [3.8, 4) is 11.1 Å². The predicted molar refractivity (Wildman–Crippen MR) is 73.8 cm³/mol. The lowest BCUT2D eigenvalue weighted by atomic mass is 10.0. The first-order valence-electron chi connectivity index (χ1n) is 6.25. The molecule has 0 spiro atoms. The number of aromatic amines is 1. The molecule has 0 radical (unpaired) electrons. The molecule has 0 aliphatic heterocycles. The Labute approximate surface area is 111 Å². The Balaban J connectivity index is 2.15. The van der Waals surface area contributed by atoms with Crippen molar-refractivity contribution in [1.82, 2.24) is 20.5 Å². The van der Waals surface area contributed by atoms with Crippen molar-refractivity contribution in [3.63, 3.8) is 0 Å². The average molecular weight is 256 g/mol. The highest BCUT2D eigenvalue weighted by Crippen LogP contribution is 2.28. The first kappa shape index (κ1) is 11.9. The number of oxazole rings is 1. The summed E-state index contributed by atoms with van der Waals surface area (Å²) >= 11 is 0. The second-order valence-corrected chi connectivity index (χ2v) is 4.62. The summed E-state index contributed by atoms with van der Waals surface area (Å²) in [6.45, 7) is 4.62. The lowest BCUT2D eigenvalue weighted by Crippen LogP contribution is -2.06. The van der Waals surface area contributed by atoms with Gasteiger partial charge in [0.15, 0.2) is 11.5 Å². The molecule has 0 saturated heterocycles. The van der Waals surface area contributed by atoms with E-state index in [1.54, 1.807) is 0 Å². The number of hydrogen-bond donors (Lipinski definition) is 2. The summed E-state index contributed by atoms with van der Waals surface area (Å²) < 4.78 is 5.50. The standard InChI is InChI=1S/C14H16N4O/c1-8-14(12(7-15-3)18-17-8)10-4-5-13-11(6-10)16-9(2)19-13/h4-6,15H,7H2,1-3H3,(H,17,18). The monoisotopic (exact) mass is 256 g/mol. The van der Waals surface area contributed by atoms with E-state index in [0.29, 0.717) is 5.89 Å². The second-order valence-electron chi connectivity index (χ2n) is 4.62. The fourth-order valence-corrected chi connectivity index (χ4v) is 2.36. The van der Waals surface area contributed by atoms with E-state index in [2.05, 4.69) is 20.5 Å². The van der Waals surface area contributed by atoms with Crippen LogP contribution in [-0.2, 0) is 6.54 Å². The summed E-state index contributed by atoms with van der Waals surface area (Å²) in [5.41, 5.74) is 6.02. The summed E-state index contributed by atoms with van der Waals surface area (Å²) in [5.74, 6) is 0.687. The molecule has 0 fully saturated rings. The van der Waals surface area contributed by atoms with E-state index in [4.69, 9.17) is 4.42 Å². The zero-order chi connectivity index (χ0) is 13.4. The van der Waals surface area contributed by atoms with Gasteiger partial charge in [0.05, 0.1) is 5.69 Å². The minimum atomic E-state index is 0.687. The van der Waals surface area contributed by atoms with Gasteiger partial charge in [-0.1, -0.05) is 6.07 Å². The minimum absolute atomic E-state index is 0.687. The maximum atomic E-state index is 5.50. The number of nitrogens with zero attached hydrogens (tertiary/aromatic N) is 2. The zero-order valence-corrected chi connectivity index (χ0v) is 11.2. The number of H-pyrrole nitrogens is 1. The molecule has 98 valence electrons. The van der Waals surface area contributed by atoms with Crippen LogP contribution in [0, 0.1) is 13.8 Å². The molecule has 0 aliphatic rings. The van der Waals surface area contributed by atoms with Crippen LogP contribution in [0.2, 0.25) is 0 Å². The van der Waals surface area contributed by atoms with Gasteiger partial charge >= 0.3 is 0 Å². The van der Waals surface area contributed by atoms with Crippen molar-refractivity contribution < 1.29 is 4.42 Å². The minimum Gasteiger partial charge on any atom is -0.441 e. The Bertz CT molecular complexity index is 726. The molecule has 0 atom stereocenters. The average Bonchev–Trinajstić information content (AvgIpc) is 2.91. The molecule has 19 heavy (non-hydrogen) atoms. The Hall–Kier alpha value is -2.14. The molecule has 0 saturated carbocycles. The molecule has 5 nitrogen and oxygen atoms in total. The third-order valence-electron chi connectivity index (χ3n) is 3.15. The molecule has 2 heterocycles. The Morgan fingerprint density at radius 3 is 2.95 bits per heavy atom. The maximum Gasteiger partial charge on any atom is 0.192 e. The van der Waals surface area contributed by atoms with Crippen molar-refractivity contribution in [2.24, 2.45) is 0 Å². The largest absolute Gasteiger partial charge is 0.441 e. The lowest BCUT2D eigenvalue weighted by Gasteiger charge is -2.03. The molecule has 3 rings (SSSR count). The summed E-state index contributed by atoms with van der Waals surface area (Å²) in [6, 6.07) is 6.05. The van der Waals surface area contributed by atoms with E-state index < -0.39 is 0 Å². The topological polar surface area (TPSA) is 66.7 Å². The number of benzene rings is 1. The van der Waals surface area contributed by atoms with Crippen molar-refractivity contribution in [2.45, 2.75) is 20.4 Å². The SMILES string of the molecule is CNCc1n[nH]c(C)c1-c1ccc2oc(C)nc2c1. The zero-order valence-electron chi connectivity index (χ0n) is 11.2. The number of aromatic nitrogens is 3. The molecule has 0 bridgehead atoms. The summed E-state index contributed by atoms with van der Waals surface area (Å²) in [4.78, 5) is 4.38. The van der Waals surface area contributed by atoms with Crippen LogP contribution < -0.4 is 5.32 Å². The van der Waals surface area contributed by atoms with Crippen LogP contribution >= 0.6 is 0 Å². The highest BCUT2D eigenvalue weighted by molar-refractivity contribution is 5.81. The number of fused-ring (bicyclic) bond motifs is 1. The maximum absolute atomic E-state index is 5.50. The van der Waals surface area contributed by atoms with Crippen LogP contribution in [0.3, 0.4) is 0 Å². The van der Waals surface area contributed by atoms with E-state index in [1.165, 1.54) is 0 Å². The van der Waals surface area contributed by atoms with Crippen LogP contribution in [0.1, 0.15) is 17.3 Å². The second kappa shape index (κ2) is 4.51. The van der Waals surface area contributed by atoms with Gasteiger partial charge in [-0.2, -0.15) is 5.10 Å². The van der Waals surface area contributed by atoms with E-state index in [-0.39, 0.29) is 0 Å². The van der Waals surface area contributed by atoms with Crippen molar-refractivity contribution in [3.05, 3.63) is 35.5 Å². The van der Waals surface area contributed by atoms with E-state index in [0.717, 1.165) is 40.2 Å². The van der Waals surface area contributed by atoms with Gasteiger partial charge in [0.2, 0.25) is 0 Å². The third kappa shape index (κ3) is 2.02. The molecular formula is C14H16N4O. The van der Waals surface area contributed by atoms with Gasteiger partial charge in [0, 0.05) is 24.7 Å². The molecule has 2 aromatic heterocycles. The Morgan fingerprint density at radius 2 is 2.16 bits per heavy atom. The molecule has 0 aliphatic carbocycles. The Morgan fingerprint density at radius 1 is 1.32 bits per heavy atom. The molecule has 3 aromatic rings.